The normalized spacial score (nSPS) is 10.2. The number of rotatable bonds is 5. The molecule has 0 saturated heterocycles. The summed E-state index contributed by atoms with van der Waals surface area (Å²) in [6.07, 6.45) is 1.62. The van der Waals surface area contributed by atoms with E-state index in [4.69, 9.17) is 0 Å². The first-order chi connectivity index (χ1) is 13.5. The van der Waals surface area contributed by atoms with Gasteiger partial charge in [0.2, 0.25) is 5.91 Å². The van der Waals surface area contributed by atoms with Gasteiger partial charge >= 0.3 is 0 Å². The van der Waals surface area contributed by atoms with Crippen LogP contribution in [0.1, 0.15) is 29.3 Å². The molecule has 0 radical (unpaired) electrons. The number of amides is 1. The SMILES string of the molecule is CC(=O)c1ccc(C#CCNC(=O)CCn2cnc3ccccc3c2=O)cc1. The van der Waals surface area contributed by atoms with Crippen LogP contribution in [0.2, 0.25) is 0 Å². The van der Waals surface area contributed by atoms with E-state index in [1.807, 2.05) is 6.07 Å². The van der Waals surface area contributed by atoms with Crippen molar-refractivity contribution in [2.75, 3.05) is 6.54 Å². The quantitative estimate of drug-likeness (QED) is 0.549. The lowest BCUT2D eigenvalue weighted by Gasteiger charge is -2.06. The van der Waals surface area contributed by atoms with Gasteiger partial charge in [0.1, 0.15) is 0 Å². The average Bonchev–Trinajstić information content (AvgIpc) is 2.71. The summed E-state index contributed by atoms with van der Waals surface area (Å²) in [4.78, 5) is 39.8. The highest BCUT2D eigenvalue weighted by molar-refractivity contribution is 5.94. The second-order valence-electron chi connectivity index (χ2n) is 6.22. The van der Waals surface area contributed by atoms with E-state index in [0.29, 0.717) is 16.5 Å². The number of carbonyl (C=O) groups is 2. The number of ketones is 1. The zero-order chi connectivity index (χ0) is 19.9. The van der Waals surface area contributed by atoms with Crippen LogP contribution in [-0.4, -0.2) is 27.8 Å². The van der Waals surface area contributed by atoms with E-state index >= 15 is 0 Å². The highest BCUT2D eigenvalue weighted by Crippen LogP contribution is 2.05. The Kier molecular flexibility index (Phi) is 5.97. The van der Waals surface area contributed by atoms with Crippen molar-refractivity contribution in [3.8, 4) is 11.8 Å². The zero-order valence-electron chi connectivity index (χ0n) is 15.4. The third-order valence-corrected chi connectivity index (χ3v) is 4.21. The van der Waals surface area contributed by atoms with Crippen molar-refractivity contribution in [3.05, 3.63) is 76.3 Å². The Hall–Kier alpha value is -3.72. The van der Waals surface area contributed by atoms with Gasteiger partial charge in [0, 0.05) is 24.1 Å². The van der Waals surface area contributed by atoms with E-state index in [9.17, 15) is 14.4 Å². The molecule has 0 fully saturated rings. The number of nitrogens with zero attached hydrogens (tertiary/aromatic N) is 2. The molecule has 0 atom stereocenters. The molecule has 6 heteroatoms. The third-order valence-electron chi connectivity index (χ3n) is 4.21. The second kappa shape index (κ2) is 8.78. The number of fused-ring (bicyclic) bond motifs is 1. The van der Waals surface area contributed by atoms with E-state index in [0.717, 1.165) is 5.56 Å². The predicted octanol–water partition coefficient (Wildman–Crippen LogP) is 2.16. The van der Waals surface area contributed by atoms with Gasteiger partial charge in [-0.15, -0.1) is 0 Å². The van der Waals surface area contributed by atoms with E-state index < -0.39 is 0 Å². The molecule has 140 valence electrons. The number of hydrogen-bond acceptors (Lipinski definition) is 4. The number of nitrogens with one attached hydrogen (secondary N) is 1. The molecule has 0 unspecified atom stereocenters. The molecular weight excluding hydrogens is 354 g/mol. The molecule has 1 amide bonds. The number of aryl methyl sites for hydroxylation is 1. The highest BCUT2D eigenvalue weighted by atomic mass is 16.2. The molecule has 6 nitrogen and oxygen atoms in total. The Balaban J connectivity index is 1.51. The van der Waals surface area contributed by atoms with Crippen molar-refractivity contribution < 1.29 is 9.59 Å². The lowest BCUT2D eigenvalue weighted by Crippen LogP contribution is -2.27. The summed E-state index contributed by atoms with van der Waals surface area (Å²) in [7, 11) is 0. The predicted molar refractivity (Wildman–Crippen MR) is 107 cm³/mol. The summed E-state index contributed by atoms with van der Waals surface area (Å²) in [5.41, 5.74) is 1.89. The first-order valence-electron chi connectivity index (χ1n) is 8.85. The fourth-order valence-electron chi connectivity index (χ4n) is 2.65. The molecule has 1 heterocycles. The van der Waals surface area contributed by atoms with Crippen molar-refractivity contribution in [1.82, 2.24) is 14.9 Å². The van der Waals surface area contributed by atoms with Gasteiger partial charge in [-0.1, -0.05) is 36.1 Å². The summed E-state index contributed by atoms with van der Waals surface area (Å²) in [6.45, 7) is 1.97. The van der Waals surface area contributed by atoms with Crippen molar-refractivity contribution in [2.24, 2.45) is 0 Å². The zero-order valence-corrected chi connectivity index (χ0v) is 15.4. The summed E-state index contributed by atoms with van der Waals surface area (Å²) in [6, 6.07) is 14.1. The first kappa shape index (κ1) is 19.1. The lowest BCUT2D eigenvalue weighted by molar-refractivity contribution is -0.121. The van der Waals surface area contributed by atoms with E-state index in [1.165, 1.54) is 17.8 Å². The molecule has 3 rings (SSSR count). The Morgan fingerprint density at radius 2 is 1.86 bits per heavy atom. The van der Waals surface area contributed by atoms with Gasteiger partial charge in [0.15, 0.2) is 5.78 Å². The van der Waals surface area contributed by atoms with Crippen LogP contribution in [0.25, 0.3) is 10.9 Å². The third kappa shape index (κ3) is 4.71. The molecular formula is C22H19N3O3. The van der Waals surface area contributed by atoms with Crippen molar-refractivity contribution >= 4 is 22.6 Å². The fourth-order valence-corrected chi connectivity index (χ4v) is 2.65. The molecule has 0 spiro atoms. The van der Waals surface area contributed by atoms with Gasteiger partial charge in [-0.25, -0.2) is 4.98 Å². The number of Topliss-reactive ketones (excluding diaryl/α,β-unsaturated/α-hetero) is 1. The van der Waals surface area contributed by atoms with E-state index in [2.05, 4.69) is 22.1 Å². The second-order valence-corrected chi connectivity index (χ2v) is 6.22. The van der Waals surface area contributed by atoms with Gasteiger partial charge in [0.05, 0.1) is 23.8 Å². The number of aromatic nitrogens is 2. The number of carbonyl (C=O) groups excluding carboxylic acids is 2. The van der Waals surface area contributed by atoms with Crippen LogP contribution in [0, 0.1) is 11.8 Å². The fraction of sp³-hybridized carbons (Fsp3) is 0.182. The van der Waals surface area contributed by atoms with Gasteiger partial charge in [-0.2, -0.15) is 0 Å². The highest BCUT2D eigenvalue weighted by Gasteiger charge is 2.05. The molecule has 0 aliphatic rings. The van der Waals surface area contributed by atoms with Crippen LogP contribution in [0.4, 0.5) is 0 Å². The van der Waals surface area contributed by atoms with Crippen LogP contribution in [-0.2, 0) is 11.3 Å². The summed E-state index contributed by atoms with van der Waals surface area (Å²) in [5, 5.41) is 3.24. The van der Waals surface area contributed by atoms with Gasteiger partial charge < -0.3 is 5.32 Å². The molecule has 1 aromatic heterocycles. The largest absolute Gasteiger partial charge is 0.345 e. The van der Waals surface area contributed by atoms with Crippen LogP contribution >= 0.6 is 0 Å². The first-order valence-corrected chi connectivity index (χ1v) is 8.85. The molecule has 0 bridgehead atoms. The minimum Gasteiger partial charge on any atom is -0.345 e. The maximum absolute atomic E-state index is 12.4. The van der Waals surface area contributed by atoms with Crippen LogP contribution in [0.15, 0.2) is 59.7 Å². The topological polar surface area (TPSA) is 81.1 Å². The maximum Gasteiger partial charge on any atom is 0.261 e. The number of benzene rings is 2. The van der Waals surface area contributed by atoms with Gasteiger partial charge in [-0.05, 0) is 31.2 Å². The molecule has 3 aromatic rings. The standard InChI is InChI=1S/C22H19N3O3/c1-16(26)18-10-8-17(9-11-18)5-4-13-23-21(27)12-14-25-15-24-20-7-3-2-6-19(20)22(25)28/h2-3,6-11,15H,12-14H2,1H3,(H,23,27). The van der Waals surface area contributed by atoms with Crippen LogP contribution < -0.4 is 10.9 Å². The van der Waals surface area contributed by atoms with Crippen molar-refractivity contribution in [2.45, 2.75) is 19.9 Å². The number of para-hydroxylation sites is 1. The Morgan fingerprint density at radius 3 is 2.61 bits per heavy atom. The molecule has 0 saturated carbocycles. The van der Waals surface area contributed by atoms with Crippen molar-refractivity contribution in [1.29, 1.82) is 0 Å². The van der Waals surface area contributed by atoms with E-state index in [-0.39, 0.29) is 36.8 Å². The molecule has 0 aliphatic carbocycles. The minimum atomic E-state index is -0.193. The molecule has 1 N–H and O–H groups in total. The summed E-state index contributed by atoms with van der Waals surface area (Å²) >= 11 is 0. The summed E-state index contributed by atoms with van der Waals surface area (Å²) < 4.78 is 1.43. The molecule has 28 heavy (non-hydrogen) atoms. The Labute approximate surface area is 162 Å². The van der Waals surface area contributed by atoms with Crippen LogP contribution in [0.3, 0.4) is 0 Å². The van der Waals surface area contributed by atoms with Gasteiger partial charge in [-0.3, -0.25) is 19.0 Å². The minimum absolute atomic E-state index is 0.00694. The average molecular weight is 373 g/mol. The molecule has 2 aromatic carbocycles. The molecule has 0 aliphatic heterocycles. The smallest absolute Gasteiger partial charge is 0.261 e. The van der Waals surface area contributed by atoms with Gasteiger partial charge in [0.25, 0.3) is 5.56 Å². The Bertz CT molecular complexity index is 1140. The monoisotopic (exact) mass is 373 g/mol. The number of hydrogen-bond donors (Lipinski definition) is 1. The van der Waals surface area contributed by atoms with E-state index in [1.54, 1.807) is 42.5 Å². The Morgan fingerprint density at radius 1 is 1.11 bits per heavy atom. The van der Waals surface area contributed by atoms with Crippen LogP contribution in [0.5, 0.6) is 0 Å². The van der Waals surface area contributed by atoms with Crippen molar-refractivity contribution in [3.63, 3.8) is 0 Å². The lowest BCUT2D eigenvalue weighted by atomic mass is 10.1. The summed E-state index contributed by atoms with van der Waals surface area (Å²) in [5.74, 6) is 5.61. The maximum atomic E-state index is 12.4.